The van der Waals surface area contributed by atoms with Gasteiger partial charge in [-0.1, -0.05) is 36.4 Å². The van der Waals surface area contributed by atoms with Crippen molar-refractivity contribution in [3.05, 3.63) is 66.0 Å². The van der Waals surface area contributed by atoms with Gasteiger partial charge in [-0.15, -0.1) is 0 Å². The maximum atomic E-state index is 11.9. The smallest absolute Gasteiger partial charge is 0.314 e. The van der Waals surface area contributed by atoms with Crippen molar-refractivity contribution in [1.82, 2.24) is 10.3 Å². The van der Waals surface area contributed by atoms with Gasteiger partial charge in [-0.05, 0) is 17.7 Å². The highest BCUT2D eigenvalue weighted by Gasteiger charge is 2.20. The van der Waals surface area contributed by atoms with Crippen LogP contribution in [0.5, 0.6) is 0 Å². The maximum Gasteiger partial charge on any atom is 0.314 e. The Bertz CT molecular complexity index is 529. The summed E-state index contributed by atoms with van der Waals surface area (Å²) < 4.78 is 4.87. The fourth-order valence-corrected chi connectivity index (χ4v) is 2.01. The molecule has 4 nitrogen and oxygen atoms in total. The minimum atomic E-state index is -0.301. The summed E-state index contributed by atoms with van der Waals surface area (Å²) >= 11 is 0. The molecule has 0 radical (unpaired) electrons. The molecule has 0 fully saturated rings. The molecule has 20 heavy (non-hydrogen) atoms. The normalized spacial score (nSPS) is 11.8. The lowest BCUT2D eigenvalue weighted by Crippen LogP contribution is -2.27. The predicted molar refractivity (Wildman–Crippen MR) is 77.1 cm³/mol. The van der Waals surface area contributed by atoms with Crippen molar-refractivity contribution in [3.8, 4) is 0 Å². The lowest BCUT2D eigenvalue weighted by molar-refractivity contribution is -0.142. The fourth-order valence-electron chi connectivity index (χ4n) is 2.01. The molecule has 1 aromatic carbocycles. The van der Waals surface area contributed by atoms with Crippen molar-refractivity contribution in [3.63, 3.8) is 0 Å². The second-order valence-corrected chi connectivity index (χ2v) is 4.44. The number of esters is 1. The minimum absolute atomic E-state index is 0.232. The average molecular weight is 270 g/mol. The van der Waals surface area contributed by atoms with Gasteiger partial charge in [0.05, 0.1) is 18.7 Å². The number of pyridine rings is 1. The number of hydrogen-bond donors (Lipinski definition) is 1. The van der Waals surface area contributed by atoms with E-state index in [2.05, 4.69) is 10.3 Å². The molecular weight excluding hydrogens is 252 g/mol. The molecule has 4 heteroatoms. The van der Waals surface area contributed by atoms with Crippen LogP contribution >= 0.6 is 0 Å². The van der Waals surface area contributed by atoms with Crippen molar-refractivity contribution >= 4 is 5.97 Å². The lowest BCUT2D eigenvalue weighted by Gasteiger charge is -2.15. The third kappa shape index (κ3) is 3.90. The Morgan fingerprint density at radius 3 is 2.60 bits per heavy atom. The third-order valence-electron chi connectivity index (χ3n) is 3.07. The molecule has 1 heterocycles. The van der Waals surface area contributed by atoms with Crippen LogP contribution in [0.25, 0.3) is 0 Å². The molecule has 2 rings (SSSR count). The molecular formula is C16H18N2O2. The molecule has 0 saturated heterocycles. The first-order valence-corrected chi connectivity index (χ1v) is 6.54. The topological polar surface area (TPSA) is 51.2 Å². The summed E-state index contributed by atoms with van der Waals surface area (Å²) in [5.41, 5.74) is 1.90. The highest BCUT2D eigenvalue weighted by atomic mass is 16.5. The number of carbonyl (C=O) groups excluding carboxylic acids is 1. The van der Waals surface area contributed by atoms with Crippen molar-refractivity contribution in [2.75, 3.05) is 13.7 Å². The SMILES string of the molecule is COC(=O)C(CNCc1ccccn1)c1ccccc1. The van der Waals surface area contributed by atoms with Crippen LogP contribution in [0.1, 0.15) is 17.2 Å². The summed E-state index contributed by atoms with van der Waals surface area (Å²) in [5.74, 6) is -0.533. The number of hydrogen-bond acceptors (Lipinski definition) is 4. The molecule has 0 amide bonds. The van der Waals surface area contributed by atoms with Gasteiger partial charge in [-0.3, -0.25) is 9.78 Å². The van der Waals surface area contributed by atoms with Gasteiger partial charge in [0.25, 0.3) is 0 Å². The van der Waals surface area contributed by atoms with E-state index in [1.54, 1.807) is 6.20 Å². The molecule has 0 aliphatic carbocycles. The summed E-state index contributed by atoms with van der Waals surface area (Å²) in [4.78, 5) is 16.1. The van der Waals surface area contributed by atoms with Gasteiger partial charge in [-0.2, -0.15) is 0 Å². The maximum absolute atomic E-state index is 11.9. The van der Waals surface area contributed by atoms with Crippen LogP contribution in [0.15, 0.2) is 54.7 Å². The Morgan fingerprint density at radius 1 is 1.20 bits per heavy atom. The Labute approximate surface area is 118 Å². The molecule has 2 aromatic rings. The number of ether oxygens (including phenoxy) is 1. The zero-order valence-corrected chi connectivity index (χ0v) is 11.5. The number of methoxy groups -OCH3 is 1. The van der Waals surface area contributed by atoms with E-state index in [-0.39, 0.29) is 11.9 Å². The molecule has 0 bridgehead atoms. The largest absolute Gasteiger partial charge is 0.469 e. The standard InChI is InChI=1S/C16H18N2O2/c1-20-16(19)15(13-7-3-2-4-8-13)12-17-11-14-9-5-6-10-18-14/h2-10,15,17H,11-12H2,1H3. The molecule has 0 aliphatic rings. The van der Waals surface area contributed by atoms with E-state index in [0.29, 0.717) is 13.1 Å². The number of aromatic nitrogens is 1. The fraction of sp³-hybridized carbons (Fsp3) is 0.250. The summed E-state index contributed by atoms with van der Waals surface area (Å²) in [6.45, 7) is 1.15. The Balaban J connectivity index is 1.97. The first-order chi connectivity index (χ1) is 9.81. The van der Waals surface area contributed by atoms with E-state index in [4.69, 9.17) is 4.74 Å². The van der Waals surface area contributed by atoms with Gasteiger partial charge >= 0.3 is 5.97 Å². The van der Waals surface area contributed by atoms with Gasteiger partial charge in [0.1, 0.15) is 0 Å². The molecule has 0 spiro atoms. The summed E-state index contributed by atoms with van der Waals surface area (Å²) in [6, 6.07) is 15.4. The number of nitrogens with zero attached hydrogens (tertiary/aromatic N) is 1. The van der Waals surface area contributed by atoms with Crippen LogP contribution in [-0.2, 0) is 16.1 Å². The number of rotatable bonds is 6. The monoisotopic (exact) mass is 270 g/mol. The van der Waals surface area contributed by atoms with E-state index in [1.807, 2.05) is 48.5 Å². The van der Waals surface area contributed by atoms with Crippen molar-refractivity contribution in [1.29, 1.82) is 0 Å². The van der Waals surface area contributed by atoms with Gasteiger partial charge in [0, 0.05) is 19.3 Å². The van der Waals surface area contributed by atoms with E-state index < -0.39 is 0 Å². The lowest BCUT2D eigenvalue weighted by atomic mass is 9.99. The summed E-state index contributed by atoms with van der Waals surface area (Å²) in [7, 11) is 1.41. The van der Waals surface area contributed by atoms with Crippen molar-refractivity contribution in [2.24, 2.45) is 0 Å². The summed E-state index contributed by atoms with van der Waals surface area (Å²) in [6.07, 6.45) is 1.76. The van der Waals surface area contributed by atoms with Crippen LogP contribution in [0.4, 0.5) is 0 Å². The van der Waals surface area contributed by atoms with Crippen LogP contribution < -0.4 is 5.32 Å². The van der Waals surface area contributed by atoms with E-state index in [9.17, 15) is 4.79 Å². The van der Waals surface area contributed by atoms with E-state index in [0.717, 1.165) is 11.3 Å². The number of nitrogens with one attached hydrogen (secondary N) is 1. The number of benzene rings is 1. The second-order valence-electron chi connectivity index (χ2n) is 4.44. The Morgan fingerprint density at radius 2 is 1.95 bits per heavy atom. The number of carbonyl (C=O) groups is 1. The van der Waals surface area contributed by atoms with Crippen LogP contribution in [-0.4, -0.2) is 24.6 Å². The van der Waals surface area contributed by atoms with E-state index >= 15 is 0 Å². The average Bonchev–Trinajstić information content (AvgIpc) is 2.53. The van der Waals surface area contributed by atoms with E-state index in [1.165, 1.54) is 7.11 Å². The van der Waals surface area contributed by atoms with Crippen LogP contribution in [0.2, 0.25) is 0 Å². The van der Waals surface area contributed by atoms with Gasteiger partial charge in [0.15, 0.2) is 0 Å². The molecule has 1 N–H and O–H groups in total. The molecule has 1 aromatic heterocycles. The first kappa shape index (κ1) is 14.2. The van der Waals surface area contributed by atoms with Crippen molar-refractivity contribution in [2.45, 2.75) is 12.5 Å². The Kier molecular flexibility index (Phi) is 5.26. The van der Waals surface area contributed by atoms with Crippen LogP contribution in [0.3, 0.4) is 0 Å². The molecule has 104 valence electrons. The van der Waals surface area contributed by atoms with Crippen molar-refractivity contribution < 1.29 is 9.53 Å². The minimum Gasteiger partial charge on any atom is -0.469 e. The first-order valence-electron chi connectivity index (χ1n) is 6.54. The zero-order chi connectivity index (χ0) is 14.2. The zero-order valence-electron chi connectivity index (χ0n) is 11.5. The van der Waals surface area contributed by atoms with Gasteiger partial charge < -0.3 is 10.1 Å². The Hall–Kier alpha value is -2.20. The second kappa shape index (κ2) is 7.40. The predicted octanol–water partition coefficient (Wildman–Crippen LogP) is 2.13. The quantitative estimate of drug-likeness (QED) is 0.817. The van der Waals surface area contributed by atoms with Gasteiger partial charge in [0.2, 0.25) is 0 Å². The van der Waals surface area contributed by atoms with Crippen LogP contribution in [0, 0.1) is 0 Å². The van der Waals surface area contributed by atoms with Gasteiger partial charge in [-0.25, -0.2) is 0 Å². The highest BCUT2D eigenvalue weighted by Crippen LogP contribution is 2.16. The molecule has 1 unspecified atom stereocenters. The summed E-state index contributed by atoms with van der Waals surface area (Å²) in [5, 5.41) is 3.25. The molecule has 0 saturated carbocycles. The third-order valence-corrected chi connectivity index (χ3v) is 3.07. The molecule has 0 aliphatic heterocycles. The highest BCUT2D eigenvalue weighted by molar-refractivity contribution is 5.78. The molecule has 1 atom stereocenters.